The molecule has 1 rings (SSSR count). The maximum absolute atomic E-state index is 10.5. The van der Waals surface area contributed by atoms with E-state index >= 15 is 0 Å². The van der Waals surface area contributed by atoms with Crippen molar-refractivity contribution in [2.24, 2.45) is 5.92 Å². The number of rotatable bonds is 3. The summed E-state index contributed by atoms with van der Waals surface area (Å²) in [6, 6.07) is 0.445. The molecular formula is C8H15NO2. The molecule has 2 N–H and O–H groups in total. The summed E-state index contributed by atoms with van der Waals surface area (Å²) in [7, 11) is 0. The molecule has 2 atom stereocenters. The fourth-order valence-electron chi connectivity index (χ4n) is 1.49. The van der Waals surface area contributed by atoms with Crippen LogP contribution in [0.3, 0.4) is 0 Å². The van der Waals surface area contributed by atoms with Gasteiger partial charge in [0.15, 0.2) is 0 Å². The molecule has 3 nitrogen and oxygen atoms in total. The highest BCUT2D eigenvalue weighted by molar-refractivity contribution is 5.69. The third-order valence-electron chi connectivity index (χ3n) is 2.22. The normalized spacial score (nSPS) is 26.8. The maximum atomic E-state index is 10.5. The van der Waals surface area contributed by atoms with E-state index < -0.39 is 5.97 Å². The SMILES string of the molecule is CC(CC1CCCN1)C(=O)O. The summed E-state index contributed by atoms with van der Waals surface area (Å²) in [6.07, 6.45) is 3.10. The van der Waals surface area contributed by atoms with Crippen LogP contribution in [0.5, 0.6) is 0 Å². The Bertz CT molecular complexity index is 141. The molecule has 0 bridgehead atoms. The van der Waals surface area contributed by atoms with Crippen molar-refractivity contribution in [2.75, 3.05) is 6.54 Å². The van der Waals surface area contributed by atoms with Crippen molar-refractivity contribution < 1.29 is 9.90 Å². The standard InChI is InChI=1S/C8H15NO2/c1-6(8(10)11)5-7-3-2-4-9-7/h6-7,9H,2-5H2,1H3,(H,10,11). The van der Waals surface area contributed by atoms with E-state index in [1.165, 1.54) is 6.42 Å². The maximum Gasteiger partial charge on any atom is 0.306 e. The summed E-state index contributed by atoms with van der Waals surface area (Å²) in [5.74, 6) is -0.885. The number of carbonyl (C=O) groups is 1. The molecule has 11 heavy (non-hydrogen) atoms. The van der Waals surface area contributed by atoms with Crippen LogP contribution in [0.2, 0.25) is 0 Å². The Hall–Kier alpha value is -0.570. The Morgan fingerprint density at radius 2 is 2.55 bits per heavy atom. The molecule has 1 fully saturated rings. The van der Waals surface area contributed by atoms with Gasteiger partial charge in [-0.05, 0) is 25.8 Å². The number of aliphatic carboxylic acids is 1. The summed E-state index contributed by atoms with van der Waals surface area (Å²) in [5, 5.41) is 11.9. The van der Waals surface area contributed by atoms with Crippen LogP contribution in [0.1, 0.15) is 26.2 Å². The number of hydrogen-bond acceptors (Lipinski definition) is 2. The van der Waals surface area contributed by atoms with Crippen molar-refractivity contribution >= 4 is 5.97 Å². The molecule has 2 unspecified atom stereocenters. The first-order valence-corrected chi connectivity index (χ1v) is 4.16. The zero-order chi connectivity index (χ0) is 8.27. The van der Waals surface area contributed by atoms with E-state index in [-0.39, 0.29) is 5.92 Å². The predicted molar refractivity (Wildman–Crippen MR) is 42.4 cm³/mol. The zero-order valence-electron chi connectivity index (χ0n) is 6.84. The van der Waals surface area contributed by atoms with Gasteiger partial charge in [0.1, 0.15) is 0 Å². The lowest BCUT2D eigenvalue weighted by Crippen LogP contribution is -2.26. The minimum atomic E-state index is -0.682. The summed E-state index contributed by atoms with van der Waals surface area (Å²) in [6.45, 7) is 2.82. The molecule has 1 heterocycles. The molecule has 0 spiro atoms. The van der Waals surface area contributed by atoms with Gasteiger partial charge in [-0.3, -0.25) is 4.79 Å². The van der Waals surface area contributed by atoms with Gasteiger partial charge < -0.3 is 10.4 Å². The van der Waals surface area contributed by atoms with Crippen molar-refractivity contribution in [3.05, 3.63) is 0 Å². The molecule has 3 heteroatoms. The Labute approximate surface area is 66.8 Å². The van der Waals surface area contributed by atoms with E-state index in [9.17, 15) is 4.79 Å². The molecule has 0 aromatic carbocycles. The minimum Gasteiger partial charge on any atom is -0.481 e. The number of hydrogen-bond donors (Lipinski definition) is 2. The van der Waals surface area contributed by atoms with Crippen LogP contribution in [0.15, 0.2) is 0 Å². The summed E-state index contributed by atoms with van der Waals surface area (Å²) in [5.41, 5.74) is 0. The van der Waals surface area contributed by atoms with Crippen molar-refractivity contribution in [2.45, 2.75) is 32.2 Å². The smallest absolute Gasteiger partial charge is 0.306 e. The fraction of sp³-hybridized carbons (Fsp3) is 0.875. The molecule has 0 amide bonds. The lowest BCUT2D eigenvalue weighted by atomic mass is 10.0. The first-order chi connectivity index (χ1) is 5.20. The van der Waals surface area contributed by atoms with Crippen LogP contribution in [0.4, 0.5) is 0 Å². The van der Waals surface area contributed by atoms with Gasteiger partial charge in [0, 0.05) is 6.04 Å². The second kappa shape index (κ2) is 3.72. The highest BCUT2D eigenvalue weighted by atomic mass is 16.4. The Morgan fingerprint density at radius 3 is 3.00 bits per heavy atom. The van der Waals surface area contributed by atoms with Crippen LogP contribution < -0.4 is 5.32 Å². The van der Waals surface area contributed by atoms with Crippen LogP contribution in [-0.4, -0.2) is 23.7 Å². The molecule has 1 saturated heterocycles. The van der Waals surface area contributed by atoms with E-state index in [1.807, 2.05) is 0 Å². The highest BCUT2D eigenvalue weighted by Crippen LogP contribution is 2.14. The lowest BCUT2D eigenvalue weighted by molar-refractivity contribution is -0.141. The number of carboxylic acid groups (broad SMARTS) is 1. The molecular weight excluding hydrogens is 142 g/mol. The van der Waals surface area contributed by atoms with Crippen LogP contribution in [0, 0.1) is 5.92 Å². The van der Waals surface area contributed by atoms with Crippen molar-refractivity contribution in [1.29, 1.82) is 0 Å². The average molecular weight is 157 g/mol. The van der Waals surface area contributed by atoms with E-state index in [0.717, 1.165) is 19.4 Å². The average Bonchev–Trinajstić information content (AvgIpc) is 2.39. The monoisotopic (exact) mass is 157 g/mol. The van der Waals surface area contributed by atoms with Gasteiger partial charge in [-0.2, -0.15) is 0 Å². The first-order valence-electron chi connectivity index (χ1n) is 4.16. The van der Waals surface area contributed by atoms with E-state index in [0.29, 0.717) is 6.04 Å². The third kappa shape index (κ3) is 2.50. The Kier molecular flexibility index (Phi) is 2.88. The lowest BCUT2D eigenvalue weighted by Gasteiger charge is -2.12. The van der Waals surface area contributed by atoms with Gasteiger partial charge in [0.25, 0.3) is 0 Å². The van der Waals surface area contributed by atoms with Gasteiger partial charge in [-0.1, -0.05) is 6.92 Å². The second-order valence-corrected chi connectivity index (χ2v) is 3.27. The fourth-order valence-corrected chi connectivity index (χ4v) is 1.49. The molecule has 1 aliphatic heterocycles. The van der Waals surface area contributed by atoms with E-state index in [1.54, 1.807) is 6.92 Å². The molecule has 0 aliphatic carbocycles. The topological polar surface area (TPSA) is 49.3 Å². The van der Waals surface area contributed by atoms with Crippen molar-refractivity contribution in [3.8, 4) is 0 Å². The highest BCUT2D eigenvalue weighted by Gasteiger charge is 2.20. The molecule has 0 radical (unpaired) electrons. The van der Waals surface area contributed by atoms with Crippen molar-refractivity contribution in [1.82, 2.24) is 5.32 Å². The second-order valence-electron chi connectivity index (χ2n) is 3.27. The van der Waals surface area contributed by atoms with Crippen LogP contribution in [-0.2, 0) is 4.79 Å². The predicted octanol–water partition coefficient (Wildman–Crippen LogP) is 0.849. The largest absolute Gasteiger partial charge is 0.481 e. The molecule has 1 aliphatic rings. The molecule has 64 valence electrons. The Morgan fingerprint density at radius 1 is 1.82 bits per heavy atom. The Balaban J connectivity index is 2.23. The van der Waals surface area contributed by atoms with Crippen molar-refractivity contribution in [3.63, 3.8) is 0 Å². The molecule has 0 aromatic heterocycles. The summed E-state index contributed by atoms with van der Waals surface area (Å²) >= 11 is 0. The minimum absolute atomic E-state index is 0.203. The van der Waals surface area contributed by atoms with Crippen LogP contribution in [0.25, 0.3) is 0 Å². The molecule has 0 aromatic rings. The quantitative estimate of drug-likeness (QED) is 0.638. The van der Waals surface area contributed by atoms with E-state index in [2.05, 4.69) is 5.32 Å². The first kappa shape index (κ1) is 8.53. The van der Waals surface area contributed by atoms with Gasteiger partial charge in [0.2, 0.25) is 0 Å². The third-order valence-corrected chi connectivity index (χ3v) is 2.22. The number of carboxylic acids is 1. The van der Waals surface area contributed by atoms with Gasteiger partial charge >= 0.3 is 5.97 Å². The van der Waals surface area contributed by atoms with Gasteiger partial charge in [0.05, 0.1) is 5.92 Å². The molecule has 0 saturated carbocycles. The van der Waals surface area contributed by atoms with E-state index in [4.69, 9.17) is 5.11 Å². The number of nitrogens with one attached hydrogen (secondary N) is 1. The zero-order valence-corrected chi connectivity index (χ0v) is 6.84. The summed E-state index contributed by atoms with van der Waals surface area (Å²) in [4.78, 5) is 10.5. The van der Waals surface area contributed by atoms with Gasteiger partial charge in [-0.25, -0.2) is 0 Å². The summed E-state index contributed by atoms with van der Waals surface area (Å²) < 4.78 is 0. The van der Waals surface area contributed by atoms with Crippen LogP contribution >= 0.6 is 0 Å². The van der Waals surface area contributed by atoms with Gasteiger partial charge in [-0.15, -0.1) is 0 Å².